The lowest BCUT2D eigenvalue weighted by atomic mass is 10.1. The Kier molecular flexibility index (Phi) is 4.82. The Labute approximate surface area is 106 Å². The number of benzene rings is 1. The molecule has 0 saturated carbocycles. The van der Waals surface area contributed by atoms with Crippen molar-refractivity contribution in [1.29, 1.82) is 0 Å². The average Bonchev–Trinajstić information content (AvgIpc) is 2.21. The zero-order chi connectivity index (χ0) is 13.0. The SMILES string of the molecule is CCCC(Oc1c(C)cc(Cl)cc1C)C(=O)O. The normalized spacial score (nSPS) is 12.2. The van der Waals surface area contributed by atoms with Gasteiger partial charge in [-0.05, 0) is 43.5 Å². The molecule has 1 rings (SSSR count). The maximum absolute atomic E-state index is 11.0. The fourth-order valence-electron chi connectivity index (χ4n) is 1.72. The highest BCUT2D eigenvalue weighted by molar-refractivity contribution is 6.30. The lowest BCUT2D eigenvalue weighted by Gasteiger charge is -2.18. The van der Waals surface area contributed by atoms with Crippen LogP contribution in [0.2, 0.25) is 5.02 Å². The smallest absolute Gasteiger partial charge is 0.344 e. The van der Waals surface area contributed by atoms with Gasteiger partial charge in [0.15, 0.2) is 6.10 Å². The molecule has 3 nitrogen and oxygen atoms in total. The van der Waals surface area contributed by atoms with Crippen molar-refractivity contribution in [2.75, 3.05) is 0 Å². The molecule has 0 bridgehead atoms. The van der Waals surface area contributed by atoms with E-state index in [1.54, 1.807) is 12.1 Å². The van der Waals surface area contributed by atoms with Crippen LogP contribution in [0.15, 0.2) is 12.1 Å². The molecule has 1 N–H and O–H groups in total. The van der Waals surface area contributed by atoms with E-state index in [9.17, 15) is 4.79 Å². The fourth-order valence-corrected chi connectivity index (χ4v) is 2.05. The molecular weight excluding hydrogens is 240 g/mol. The Bertz CT molecular complexity index is 392. The first-order valence-corrected chi connectivity index (χ1v) is 5.99. The number of hydrogen-bond acceptors (Lipinski definition) is 2. The number of rotatable bonds is 5. The number of carbonyl (C=O) groups is 1. The molecule has 0 aromatic heterocycles. The summed E-state index contributed by atoms with van der Waals surface area (Å²) < 4.78 is 5.57. The molecule has 0 saturated heterocycles. The molecule has 1 unspecified atom stereocenters. The van der Waals surface area contributed by atoms with Crippen LogP contribution in [-0.4, -0.2) is 17.2 Å². The van der Waals surface area contributed by atoms with Crippen LogP contribution < -0.4 is 4.74 Å². The van der Waals surface area contributed by atoms with E-state index in [1.807, 2.05) is 20.8 Å². The zero-order valence-corrected chi connectivity index (χ0v) is 11.0. The molecule has 0 aliphatic rings. The van der Waals surface area contributed by atoms with Gasteiger partial charge in [-0.2, -0.15) is 0 Å². The third-order valence-electron chi connectivity index (χ3n) is 2.51. The van der Waals surface area contributed by atoms with Crippen LogP contribution in [0, 0.1) is 13.8 Å². The van der Waals surface area contributed by atoms with Crippen LogP contribution >= 0.6 is 11.6 Å². The van der Waals surface area contributed by atoms with Crippen molar-refractivity contribution >= 4 is 17.6 Å². The number of aryl methyl sites for hydroxylation is 2. The minimum absolute atomic E-state index is 0.497. The lowest BCUT2D eigenvalue weighted by molar-refractivity contribution is -0.145. The van der Waals surface area contributed by atoms with Crippen LogP contribution in [0.3, 0.4) is 0 Å². The van der Waals surface area contributed by atoms with Crippen molar-refractivity contribution in [2.24, 2.45) is 0 Å². The molecular formula is C13H17ClO3. The molecule has 17 heavy (non-hydrogen) atoms. The predicted octanol–water partition coefficient (Wildman–Crippen LogP) is 3.59. The van der Waals surface area contributed by atoms with Gasteiger partial charge >= 0.3 is 5.97 Å². The standard InChI is InChI=1S/C13H17ClO3/c1-4-5-11(13(15)16)17-12-8(2)6-10(14)7-9(12)3/h6-7,11H,4-5H2,1-3H3,(H,15,16). The van der Waals surface area contributed by atoms with Crippen LogP contribution in [0.5, 0.6) is 5.75 Å². The summed E-state index contributed by atoms with van der Waals surface area (Å²) in [5.41, 5.74) is 1.72. The van der Waals surface area contributed by atoms with E-state index in [4.69, 9.17) is 21.4 Å². The van der Waals surface area contributed by atoms with E-state index in [0.29, 0.717) is 17.2 Å². The second-order valence-corrected chi connectivity index (χ2v) is 4.54. The summed E-state index contributed by atoms with van der Waals surface area (Å²) >= 11 is 5.91. The van der Waals surface area contributed by atoms with Crippen LogP contribution in [0.1, 0.15) is 30.9 Å². The minimum atomic E-state index is -0.930. The van der Waals surface area contributed by atoms with E-state index in [2.05, 4.69) is 0 Å². The van der Waals surface area contributed by atoms with Crippen molar-refractivity contribution in [3.05, 3.63) is 28.3 Å². The van der Waals surface area contributed by atoms with Crippen molar-refractivity contribution in [2.45, 2.75) is 39.7 Å². The van der Waals surface area contributed by atoms with Crippen LogP contribution in [-0.2, 0) is 4.79 Å². The van der Waals surface area contributed by atoms with Gasteiger partial charge in [0.25, 0.3) is 0 Å². The Morgan fingerprint density at radius 1 is 1.41 bits per heavy atom. The molecule has 0 fully saturated rings. The monoisotopic (exact) mass is 256 g/mol. The van der Waals surface area contributed by atoms with Gasteiger partial charge in [-0.3, -0.25) is 0 Å². The molecule has 0 radical (unpaired) electrons. The van der Waals surface area contributed by atoms with Gasteiger partial charge in [0, 0.05) is 5.02 Å². The maximum Gasteiger partial charge on any atom is 0.344 e. The summed E-state index contributed by atoms with van der Waals surface area (Å²) in [6.45, 7) is 5.65. The first kappa shape index (κ1) is 13.8. The quantitative estimate of drug-likeness (QED) is 0.876. The second-order valence-electron chi connectivity index (χ2n) is 4.10. The lowest BCUT2D eigenvalue weighted by Crippen LogP contribution is -2.27. The summed E-state index contributed by atoms with van der Waals surface area (Å²) in [7, 11) is 0. The van der Waals surface area contributed by atoms with Gasteiger partial charge in [0.05, 0.1) is 0 Å². The largest absolute Gasteiger partial charge is 0.479 e. The molecule has 0 amide bonds. The number of halogens is 1. The molecule has 0 spiro atoms. The van der Waals surface area contributed by atoms with Crippen LogP contribution in [0.25, 0.3) is 0 Å². The molecule has 0 heterocycles. The van der Waals surface area contributed by atoms with E-state index in [-0.39, 0.29) is 0 Å². The molecule has 4 heteroatoms. The summed E-state index contributed by atoms with van der Waals surface area (Å²) in [6.07, 6.45) is 0.470. The van der Waals surface area contributed by atoms with Crippen molar-refractivity contribution in [3.8, 4) is 5.75 Å². The number of carboxylic acid groups (broad SMARTS) is 1. The van der Waals surface area contributed by atoms with Crippen molar-refractivity contribution in [1.82, 2.24) is 0 Å². The molecule has 0 aliphatic carbocycles. The van der Waals surface area contributed by atoms with Crippen molar-refractivity contribution < 1.29 is 14.6 Å². The fraction of sp³-hybridized carbons (Fsp3) is 0.462. The minimum Gasteiger partial charge on any atom is -0.479 e. The van der Waals surface area contributed by atoms with Gasteiger partial charge in [-0.25, -0.2) is 4.79 Å². The van der Waals surface area contributed by atoms with Gasteiger partial charge in [0.2, 0.25) is 0 Å². The molecule has 1 atom stereocenters. The van der Waals surface area contributed by atoms with E-state index < -0.39 is 12.1 Å². The summed E-state index contributed by atoms with van der Waals surface area (Å²) in [4.78, 5) is 11.0. The Morgan fingerprint density at radius 2 is 1.94 bits per heavy atom. The van der Waals surface area contributed by atoms with E-state index >= 15 is 0 Å². The Balaban J connectivity index is 2.97. The Morgan fingerprint density at radius 3 is 2.35 bits per heavy atom. The second kappa shape index (κ2) is 5.92. The van der Waals surface area contributed by atoms with Crippen LogP contribution in [0.4, 0.5) is 0 Å². The van der Waals surface area contributed by atoms with Gasteiger partial charge in [0.1, 0.15) is 5.75 Å². The topological polar surface area (TPSA) is 46.5 Å². The molecule has 0 aliphatic heterocycles. The van der Waals surface area contributed by atoms with E-state index in [0.717, 1.165) is 17.5 Å². The zero-order valence-electron chi connectivity index (χ0n) is 10.3. The van der Waals surface area contributed by atoms with E-state index in [1.165, 1.54) is 0 Å². The maximum atomic E-state index is 11.0. The number of aliphatic carboxylic acids is 1. The third-order valence-corrected chi connectivity index (χ3v) is 2.73. The first-order valence-electron chi connectivity index (χ1n) is 5.62. The molecule has 1 aromatic carbocycles. The van der Waals surface area contributed by atoms with Gasteiger partial charge in [-0.15, -0.1) is 0 Å². The summed E-state index contributed by atoms with van der Waals surface area (Å²) in [5.74, 6) is -0.309. The van der Waals surface area contributed by atoms with Gasteiger partial charge in [-0.1, -0.05) is 24.9 Å². The number of ether oxygens (including phenoxy) is 1. The summed E-state index contributed by atoms with van der Waals surface area (Å²) in [5, 5.41) is 9.68. The summed E-state index contributed by atoms with van der Waals surface area (Å²) in [6, 6.07) is 3.55. The van der Waals surface area contributed by atoms with Crippen molar-refractivity contribution in [3.63, 3.8) is 0 Å². The highest BCUT2D eigenvalue weighted by Crippen LogP contribution is 2.28. The Hall–Kier alpha value is -1.22. The number of carboxylic acids is 1. The third kappa shape index (κ3) is 3.63. The number of hydrogen-bond donors (Lipinski definition) is 1. The van der Waals surface area contributed by atoms with Gasteiger partial charge < -0.3 is 9.84 Å². The highest BCUT2D eigenvalue weighted by Gasteiger charge is 2.20. The highest BCUT2D eigenvalue weighted by atomic mass is 35.5. The first-order chi connectivity index (χ1) is 7.95. The molecule has 1 aromatic rings. The predicted molar refractivity (Wildman–Crippen MR) is 67.9 cm³/mol. The molecule has 94 valence electrons. The average molecular weight is 257 g/mol.